The molecule has 0 saturated carbocycles. The molecule has 31 heavy (non-hydrogen) atoms. The fraction of sp³-hybridized carbons (Fsp3) is 0.0952. The predicted molar refractivity (Wildman–Crippen MR) is 113 cm³/mol. The second-order valence-electron chi connectivity index (χ2n) is 6.59. The number of carbonyl (C=O) groups excluding carboxylic acids is 1. The number of carbonyl (C=O) groups is 1. The normalized spacial score (nSPS) is 11.8. The molecule has 0 aromatic heterocycles. The molecule has 0 aliphatic heterocycles. The van der Waals surface area contributed by atoms with Gasteiger partial charge in [-0.25, -0.2) is 8.42 Å². The summed E-state index contributed by atoms with van der Waals surface area (Å²) in [5.74, 6) is -1.01. The Morgan fingerprint density at radius 1 is 0.935 bits per heavy atom. The Labute approximate surface area is 181 Å². The van der Waals surface area contributed by atoms with Crippen molar-refractivity contribution in [2.24, 2.45) is 0 Å². The van der Waals surface area contributed by atoms with E-state index in [9.17, 15) is 26.4 Å². The molecule has 0 unspecified atom stereocenters. The second-order valence-corrected chi connectivity index (χ2v) is 8.68. The first kappa shape index (κ1) is 22.6. The lowest BCUT2D eigenvalue weighted by molar-refractivity contribution is -0.137. The summed E-state index contributed by atoms with van der Waals surface area (Å²) in [6.07, 6.45) is -4.71. The predicted octanol–water partition coefficient (Wildman–Crippen LogP) is 5.72. The molecule has 162 valence electrons. The molecule has 0 fully saturated rings. The van der Waals surface area contributed by atoms with Crippen molar-refractivity contribution in [2.45, 2.75) is 18.0 Å². The minimum absolute atomic E-state index is 0.0269. The molecular weight excluding hydrogens is 453 g/mol. The van der Waals surface area contributed by atoms with Crippen LogP contribution in [0, 0.1) is 6.92 Å². The molecule has 5 nitrogen and oxygen atoms in total. The van der Waals surface area contributed by atoms with Crippen LogP contribution >= 0.6 is 11.6 Å². The zero-order valence-corrected chi connectivity index (χ0v) is 17.6. The molecule has 0 saturated heterocycles. The molecule has 1 amide bonds. The van der Waals surface area contributed by atoms with Gasteiger partial charge >= 0.3 is 6.18 Å². The highest BCUT2D eigenvalue weighted by molar-refractivity contribution is 7.92. The van der Waals surface area contributed by atoms with Crippen LogP contribution in [0.15, 0.2) is 71.6 Å². The fourth-order valence-electron chi connectivity index (χ4n) is 2.86. The van der Waals surface area contributed by atoms with Gasteiger partial charge < -0.3 is 5.32 Å². The van der Waals surface area contributed by atoms with Gasteiger partial charge in [-0.15, -0.1) is 0 Å². The van der Waals surface area contributed by atoms with E-state index >= 15 is 0 Å². The molecule has 0 bridgehead atoms. The van der Waals surface area contributed by atoms with Crippen molar-refractivity contribution in [1.82, 2.24) is 0 Å². The number of anilines is 2. The monoisotopic (exact) mass is 468 g/mol. The van der Waals surface area contributed by atoms with Crippen LogP contribution in [0.5, 0.6) is 0 Å². The number of rotatable bonds is 5. The third-order valence-corrected chi connectivity index (χ3v) is 6.05. The smallest absolute Gasteiger partial charge is 0.322 e. The molecule has 10 heteroatoms. The van der Waals surface area contributed by atoms with Gasteiger partial charge in [0.15, 0.2) is 0 Å². The second kappa shape index (κ2) is 8.60. The largest absolute Gasteiger partial charge is 0.417 e. The molecule has 0 aliphatic rings. The highest BCUT2D eigenvalue weighted by atomic mass is 35.5. The third kappa shape index (κ3) is 5.36. The number of amides is 1. The van der Waals surface area contributed by atoms with Gasteiger partial charge in [0.25, 0.3) is 15.9 Å². The maximum atomic E-state index is 13.2. The summed E-state index contributed by atoms with van der Waals surface area (Å²) in [6.45, 7) is 1.55. The van der Waals surface area contributed by atoms with Gasteiger partial charge in [0.05, 0.1) is 21.7 Å². The van der Waals surface area contributed by atoms with Crippen LogP contribution in [0.1, 0.15) is 21.5 Å². The zero-order valence-electron chi connectivity index (χ0n) is 16.0. The van der Waals surface area contributed by atoms with E-state index in [4.69, 9.17) is 11.6 Å². The Bertz CT molecular complexity index is 1240. The van der Waals surface area contributed by atoms with Crippen LogP contribution in [0.25, 0.3) is 0 Å². The van der Waals surface area contributed by atoms with Crippen LogP contribution in [0.2, 0.25) is 5.02 Å². The summed E-state index contributed by atoms with van der Waals surface area (Å²) in [7, 11) is -4.06. The van der Waals surface area contributed by atoms with Crippen molar-refractivity contribution in [3.05, 3.63) is 88.4 Å². The molecule has 0 radical (unpaired) electrons. The van der Waals surface area contributed by atoms with Crippen molar-refractivity contribution < 1.29 is 26.4 Å². The zero-order chi connectivity index (χ0) is 22.8. The van der Waals surface area contributed by atoms with Crippen LogP contribution in [-0.2, 0) is 16.2 Å². The van der Waals surface area contributed by atoms with E-state index < -0.39 is 33.2 Å². The topological polar surface area (TPSA) is 75.3 Å². The maximum Gasteiger partial charge on any atom is 0.417 e. The van der Waals surface area contributed by atoms with Gasteiger partial charge in [-0.3, -0.25) is 9.52 Å². The van der Waals surface area contributed by atoms with E-state index in [0.717, 1.165) is 12.1 Å². The quantitative estimate of drug-likeness (QED) is 0.503. The number of benzene rings is 3. The van der Waals surface area contributed by atoms with Gasteiger partial charge in [-0.1, -0.05) is 35.9 Å². The lowest BCUT2D eigenvalue weighted by Crippen LogP contribution is -2.19. The van der Waals surface area contributed by atoms with E-state index in [-0.39, 0.29) is 16.3 Å². The van der Waals surface area contributed by atoms with Crippen LogP contribution in [0.3, 0.4) is 0 Å². The molecule has 0 spiro atoms. The number of aryl methyl sites for hydroxylation is 1. The van der Waals surface area contributed by atoms with E-state index in [0.29, 0.717) is 10.6 Å². The van der Waals surface area contributed by atoms with Crippen LogP contribution in [0.4, 0.5) is 24.5 Å². The Morgan fingerprint density at radius 2 is 1.65 bits per heavy atom. The average Bonchev–Trinajstić information content (AvgIpc) is 2.68. The first-order valence-corrected chi connectivity index (χ1v) is 10.7. The average molecular weight is 469 g/mol. The van der Waals surface area contributed by atoms with E-state index in [1.165, 1.54) is 42.5 Å². The molecule has 3 aromatic carbocycles. The molecule has 0 aliphatic carbocycles. The minimum atomic E-state index is -4.71. The number of sulfonamides is 1. The Hall–Kier alpha value is -3.04. The number of nitrogens with one attached hydrogen (secondary N) is 2. The summed E-state index contributed by atoms with van der Waals surface area (Å²) in [4.78, 5) is 12.3. The Morgan fingerprint density at radius 3 is 2.32 bits per heavy atom. The number of hydrogen-bond acceptors (Lipinski definition) is 3. The molecular formula is C21H16ClF3N2O3S. The molecule has 3 aromatic rings. The molecule has 2 N–H and O–H groups in total. The molecule has 0 atom stereocenters. The maximum absolute atomic E-state index is 13.2. The van der Waals surface area contributed by atoms with Crippen LogP contribution < -0.4 is 10.0 Å². The summed E-state index contributed by atoms with van der Waals surface area (Å²) >= 11 is 5.87. The SMILES string of the molecule is Cc1ccc(NC(=O)c2ccccc2C(F)(F)F)cc1S(=O)(=O)Nc1cccc(Cl)c1. The van der Waals surface area contributed by atoms with E-state index in [1.807, 2.05) is 0 Å². The van der Waals surface area contributed by atoms with Crippen molar-refractivity contribution >= 4 is 38.9 Å². The fourth-order valence-corrected chi connectivity index (χ4v) is 4.37. The van der Waals surface area contributed by atoms with Gasteiger partial charge in [0.2, 0.25) is 0 Å². The highest BCUT2D eigenvalue weighted by Gasteiger charge is 2.34. The van der Waals surface area contributed by atoms with Crippen LogP contribution in [-0.4, -0.2) is 14.3 Å². The third-order valence-electron chi connectivity index (χ3n) is 4.29. The number of hydrogen-bond donors (Lipinski definition) is 2. The number of halogens is 4. The molecule has 3 rings (SSSR count). The highest BCUT2D eigenvalue weighted by Crippen LogP contribution is 2.32. The van der Waals surface area contributed by atoms with Crippen molar-refractivity contribution in [1.29, 1.82) is 0 Å². The van der Waals surface area contributed by atoms with Gasteiger partial charge in [0, 0.05) is 10.7 Å². The Balaban J connectivity index is 1.91. The molecule has 0 heterocycles. The first-order valence-electron chi connectivity index (χ1n) is 8.84. The number of alkyl halides is 3. The summed E-state index contributed by atoms with van der Waals surface area (Å²) in [5.41, 5.74) is -1.02. The standard InChI is InChI=1S/C21H16ClF3N2O3S/c1-13-9-10-15(26-20(28)17-7-2-3-8-18(17)21(23,24)25)12-19(13)31(29,30)27-16-6-4-5-14(22)11-16/h2-12,27H,1H3,(H,26,28). The van der Waals surface area contributed by atoms with Gasteiger partial charge in [-0.2, -0.15) is 13.2 Å². The van der Waals surface area contributed by atoms with Gasteiger partial charge in [0.1, 0.15) is 0 Å². The lowest BCUT2D eigenvalue weighted by Gasteiger charge is -2.15. The van der Waals surface area contributed by atoms with Gasteiger partial charge in [-0.05, 0) is 55.0 Å². The van der Waals surface area contributed by atoms with E-state index in [1.54, 1.807) is 19.1 Å². The lowest BCUT2D eigenvalue weighted by atomic mass is 10.1. The first-order chi connectivity index (χ1) is 14.5. The summed E-state index contributed by atoms with van der Waals surface area (Å²) < 4.78 is 67.5. The Kier molecular flexibility index (Phi) is 6.28. The van der Waals surface area contributed by atoms with Crippen molar-refractivity contribution in [2.75, 3.05) is 10.0 Å². The van der Waals surface area contributed by atoms with E-state index in [2.05, 4.69) is 10.0 Å². The summed E-state index contributed by atoms with van der Waals surface area (Å²) in [6, 6.07) is 14.4. The van der Waals surface area contributed by atoms with Crippen molar-refractivity contribution in [3.8, 4) is 0 Å². The minimum Gasteiger partial charge on any atom is -0.322 e. The van der Waals surface area contributed by atoms with Crippen molar-refractivity contribution in [3.63, 3.8) is 0 Å². The summed E-state index contributed by atoms with van der Waals surface area (Å²) in [5, 5.41) is 2.67.